The molecule has 0 saturated heterocycles. The lowest BCUT2D eigenvalue weighted by atomic mass is 9.89. The van der Waals surface area contributed by atoms with Crippen molar-refractivity contribution in [3.8, 4) is 11.1 Å². The minimum absolute atomic E-state index is 0.0327. The zero-order valence-corrected chi connectivity index (χ0v) is 32.2. The minimum atomic E-state index is -0.0581. The van der Waals surface area contributed by atoms with E-state index < -0.39 is 0 Å². The molecule has 1 heterocycles. The van der Waals surface area contributed by atoms with E-state index in [0.717, 1.165) is 17.1 Å². The first-order valence-electron chi connectivity index (χ1n) is 20.1. The molecule has 0 aliphatic carbocycles. The number of fused-ring (bicyclic) bond motifs is 8. The first kappa shape index (κ1) is 34.1. The highest BCUT2D eigenvalue weighted by molar-refractivity contribution is 6.23. The van der Waals surface area contributed by atoms with Gasteiger partial charge in [0, 0.05) is 22.6 Å². The van der Waals surface area contributed by atoms with Crippen molar-refractivity contribution in [2.45, 2.75) is 12.2 Å². The van der Waals surface area contributed by atoms with Crippen molar-refractivity contribution in [3.05, 3.63) is 223 Å². The molecular weight excluding hydrogens is 703 g/mol. The summed E-state index contributed by atoms with van der Waals surface area (Å²) >= 11 is 0. The molecule has 0 amide bonds. The van der Waals surface area contributed by atoms with Gasteiger partial charge in [-0.2, -0.15) is 0 Å². The Morgan fingerprint density at radius 1 is 0.466 bits per heavy atom. The zero-order chi connectivity index (χ0) is 38.6. The third-order valence-corrected chi connectivity index (χ3v) is 12.1. The van der Waals surface area contributed by atoms with Crippen molar-refractivity contribution in [2.24, 2.45) is 0 Å². The van der Waals surface area contributed by atoms with Gasteiger partial charge in [-0.25, -0.2) is 0 Å². The van der Waals surface area contributed by atoms with Gasteiger partial charge in [-0.1, -0.05) is 170 Å². The summed E-state index contributed by atoms with van der Waals surface area (Å²) < 4.78 is 0. The van der Waals surface area contributed by atoms with Crippen LogP contribution in [-0.2, 0) is 0 Å². The van der Waals surface area contributed by atoms with Gasteiger partial charge in [0.1, 0.15) is 6.17 Å². The highest BCUT2D eigenvalue weighted by Gasteiger charge is 2.31. The van der Waals surface area contributed by atoms with Gasteiger partial charge < -0.3 is 10.6 Å². The van der Waals surface area contributed by atoms with E-state index in [4.69, 9.17) is 0 Å². The molecule has 0 radical (unpaired) electrons. The van der Waals surface area contributed by atoms with Crippen molar-refractivity contribution in [3.63, 3.8) is 0 Å². The number of hydrogen-bond donors (Lipinski definition) is 2. The van der Waals surface area contributed by atoms with Crippen LogP contribution in [0.2, 0.25) is 0 Å². The number of nitrogens with zero attached hydrogens (tertiary/aromatic N) is 1. The highest BCUT2D eigenvalue weighted by atomic mass is 15.3. The fourth-order valence-corrected chi connectivity index (χ4v) is 9.31. The van der Waals surface area contributed by atoms with Crippen LogP contribution in [0.4, 0.5) is 11.4 Å². The van der Waals surface area contributed by atoms with Crippen LogP contribution >= 0.6 is 0 Å². The summed E-state index contributed by atoms with van der Waals surface area (Å²) in [5.41, 5.74) is 9.35. The maximum absolute atomic E-state index is 3.97. The molecule has 0 saturated carbocycles. The molecule has 0 spiro atoms. The van der Waals surface area contributed by atoms with Crippen LogP contribution in [0.5, 0.6) is 0 Å². The highest BCUT2D eigenvalue weighted by Crippen LogP contribution is 2.44. The minimum Gasteiger partial charge on any atom is -0.366 e. The molecule has 58 heavy (non-hydrogen) atoms. The van der Waals surface area contributed by atoms with E-state index in [1.54, 1.807) is 0 Å². The average Bonchev–Trinajstić information content (AvgIpc) is 3.29. The van der Waals surface area contributed by atoms with Gasteiger partial charge in [-0.3, -0.25) is 4.90 Å². The number of rotatable bonds is 6. The van der Waals surface area contributed by atoms with Gasteiger partial charge in [0.05, 0.1) is 6.04 Å². The van der Waals surface area contributed by atoms with Gasteiger partial charge in [0.25, 0.3) is 0 Å². The van der Waals surface area contributed by atoms with Crippen LogP contribution in [0, 0.1) is 0 Å². The van der Waals surface area contributed by atoms with Crippen molar-refractivity contribution >= 4 is 70.9 Å². The largest absolute Gasteiger partial charge is 0.366 e. The Bertz CT molecular complexity index is 3200. The summed E-state index contributed by atoms with van der Waals surface area (Å²) in [4.78, 5) is 2.47. The summed E-state index contributed by atoms with van der Waals surface area (Å²) in [7, 11) is 2.24. The Kier molecular flexibility index (Phi) is 8.27. The molecule has 0 aromatic heterocycles. The Hall–Kier alpha value is -7.20. The molecule has 0 fully saturated rings. The van der Waals surface area contributed by atoms with Crippen LogP contribution in [0.15, 0.2) is 206 Å². The molecule has 10 aromatic carbocycles. The summed E-state index contributed by atoms with van der Waals surface area (Å²) in [6.07, 6.45) is 2.32. The summed E-state index contributed by atoms with van der Waals surface area (Å²) in [5, 5.41) is 20.5. The molecule has 2 unspecified atom stereocenters. The van der Waals surface area contributed by atoms with E-state index >= 15 is 0 Å². The average molecular weight is 744 g/mol. The maximum Gasteiger partial charge on any atom is 0.107 e. The number of nitrogens with one attached hydrogen (secondary N) is 2. The van der Waals surface area contributed by atoms with E-state index in [1.807, 2.05) is 0 Å². The second kappa shape index (κ2) is 14.1. The molecule has 10 aromatic rings. The van der Waals surface area contributed by atoms with Gasteiger partial charge in [0.2, 0.25) is 0 Å². The number of anilines is 2. The van der Waals surface area contributed by atoms with Crippen LogP contribution in [0.3, 0.4) is 0 Å². The number of hydrogen-bond acceptors (Lipinski definition) is 3. The van der Waals surface area contributed by atoms with Gasteiger partial charge in [-0.05, 0) is 120 Å². The fourth-order valence-electron chi connectivity index (χ4n) is 9.31. The number of likely N-dealkylation sites (N-methyl/N-ethyl adjacent to an activating group) is 1. The topological polar surface area (TPSA) is 27.3 Å². The first-order valence-corrected chi connectivity index (χ1v) is 20.1. The number of benzene rings is 10. The maximum atomic E-state index is 3.97. The first-order chi connectivity index (χ1) is 28.7. The van der Waals surface area contributed by atoms with E-state index in [1.165, 1.54) is 81.7 Å². The Balaban J connectivity index is 0.983. The molecule has 2 atom stereocenters. The second-order valence-corrected chi connectivity index (χ2v) is 15.5. The molecule has 2 N–H and O–H groups in total. The summed E-state index contributed by atoms with van der Waals surface area (Å²) in [6.45, 7) is 0. The lowest BCUT2D eigenvalue weighted by molar-refractivity contribution is 0.178. The zero-order valence-electron chi connectivity index (χ0n) is 32.2. The van der Waals surface area contributed by atoms with Gasteiger partial charge >= 0.3 is 0 Å². The number of para-hydroxylation sites is 1. The molecule has 276 valence electrons. The van der Waals surface area contributed by atoms with Gasteiger partial charge in [0.15, 0.2) is 0 Å². The normalized spacial score (nSPS) is 15.8. The van der Waals surface area contributed by atoms with E-state index in [-0.39, 0.29) is 12.2 Å². The Morgan fingerprint density at radius 3 is 1.84 bits per heavy atom. The van der Waals surface area contributed by atoms with E-state index in [9.17, 15) is 0 Å². The monoisotopic (exact) mass is 743 g/mol. The summed E-state index contributed by atoms with van der Waals surface area (Å²) in [5.74, 6) is 0. The van der Waals surface area contributed by atoms with Crippen LogP contribution in [0.25, 0.3) is 70.7 Å². The molecule has 11 rings (SSSR count). The SMILES string of the molecule is CN1C(c2ccc(Nc3ccccc3-c3cc4ccccc4c4ccc5ccccc5c34)cc2)C=C(c2ccccc2)NC1c1cc2ccccc2c2ccccc12. The Labute approximate surface area is 338 Å². The van der Waals surface area contributed by atoms with E-state index in [2.05, 4.69) is 229 Å². The smallest absolute Gasteiger partial charge is 0.107 e. The molecule has 3 nitrogen and oxygen atoms in total. The molecular formula is C55H41N3. The van der Waals surface area contributed by atoms with Crippen LogP contribution in [-0.4, -0.2) is 11.9 Å². The molecule has 3 heteroatoms. The third kappa shape index (κ3) is 5.79. The lowest BCUT2D eigenvalue weighted by Crippen LogP contribution is -2.41. The standard InChI is InChI=1S/C55H41N3/c1-58-53(35-52(37-16-3-2-4-17-37)57-55(58)50-34-40-19-6-8-20-42(40)45-23-11-12-24-46(45)50)38-27-30-41(31-28-38)56-51-26-14-13-25-47(51)49-33-39-18-7-9-21-43(39)48-32-29-36-15-5-10-22-44(36)54(48)49/h2-35,53,55-57H,1H3. The van der Waals surface area contributed by atoms with Crippen molar-refractivity contribution in [1.29, 1.82) is 0 Å². The third-order valence-electron chi connectivity index (χ3n) is 12.1. The summed E-state index contributed by atoms with van der Waals surface area (Å²) in [6, 6.07) is 72.8. The van der Waals surface area contributed by atoms with E-state index in [0.29, 0.717) is 0 Å². The molecule has 1 aliphatic heterocycles. The Morgan fingerprint density at radius 2 is 1.07 bits per heavy atom. The molecule has 1 aliphatic rings. The van der Waals surface area contributed by atoms with Gasteiger partial charge in [-0.15, -0.1) is 0 Å². The van der Waals surface area contributed by atoms with Crippen LogP contribution < -0.4 is 10.6 Å². The molecule has 0 bridgehead atoms. The predicted molar refractivity (Wildman–Crippen MR) is 246 cm³/mol. The second-order valence-electron chi connectivity index (χ2n) is 15.5. The van der Waals surface area contributed by atoms with Crippen molar-refractivity contribution in [1.82, 2.24) is 10.2 Å². The quantitative estimate of drug-likeness (QED) is 0.166. The lowest BCUT2D eigenvalue weighted by Gasteiger charge is -2.41. The van der Waals surface area contributed by atoms with Crippen LogP contribution in [0.1, 0.15) is 28.9 Å². The fraction of sp³-hybridized carbons (Fsp3) is 0.0545. The van der Waals surface area contributed by atoms with Crippen molar-refractivity contribution in [2.75, 3.05) is 12.4 Å². The predicted octanol–water partition coefficient (Wildman–Crippen LogP) is 14.2. The van der Waals surface area contributed by atoms with Crippen molar-refractivity contribution < 1.29 is 0 Å².